The first-order chi connectivity index (χ1) is 10.0. The van der Waals surface area contributed by atoms with Gasteiger partial charge in [-0.1, -0.05) is 6.92 Å². The van der Waals surface area contributed by atoms with Crippen LogP contribution < -0.4 is 14.8 Å². The van der Waals surface area contributed by atoms with Crippen molar-refractivity contribution in [3.8, 4) is 5.75 Å². The summed E-state index contributed by atoms with van der Waals surface area (Å²) in [5, 5.41) is 3.17. The highest BCUT2D eigenvalue weighted by atomic mass is 32.2. The Morgan fingerprint density at radius 1 is 1.24 bits per heavy atom. The number of ether oxygens (including phenoxy) is 2. The summed E-state index contributed by atoms with van der Waals surface area (Å²) in [5.74, 6) is 0.675. The van der Waals surface area contributed by atoms with Gasteiger partial charge in [0.25, 0.3) is 0 Å². The zero-order valence-corrected chi connectivity index (χ0v) is 13.6. The van der Waals surface area contributed by atoms with E-state index in [0.717, 1.165) is 12.1 Å². The second kappa shape index (κ2) is 8.99. The molecule has 7 heteroatoms. The average molecular weight is 316 g/mol. The number of rotatable bonds is 10. The molecule has 0 saturated heterocycles. The van der Waals surface area contributed by atoms with Gasteiger partial charge in [0.2, 0.25) is 10.0 Å². The van der Waals surface area contributed by atoms with Crippen LogP contribution in [0.2, 0.25) is 0 Å². The number of hydrogen-bond acceptors (Lipinski definition) is 5. The van der Waals surface area contributed by atoms with Crippen LogP contribution in [0, 0.1) is 0 Å². The van der Waals surface area contributed by atoms with Gasteiger partial charge in [-0.2, -0.15) is 0 Å². The molecule has 1 rings (SSSR count). The summed E-state index contributed by atoms with van der Waals surface area (Å²) in [6.07, 6.45) is 0.635. The van der Waals surface area contributed by atoms with Gasteiger partial charge in [0.05, 0.1) is 12.0 Å². The molecule has 0 aliphatic heterocycles. The summed E-state index contributed by atoms with van der Waals surface area (Å²) >= 11 is 0. The summed E-state index contributed by atoms with van der Waals surface area (Å²) in [6, 6.07) is 4.86. The fraction of sp³-hybridized carbons (Fsp3) is 0.571. The Bertz CT molecular complexity index is 532. The second-order valence-electron chi connectivity index (χ2n) is 4.50. The molecule has 2 N–H and O–H groups in total. The number of hydrogen-bond donors (Lipinski definition) is 2. The quantitative estimate of drug-likeness (QED) is 0.633. The van der Waals surface area contributed by atoms with E-state index in [4.69, 9.17) is 9.47 Å². The number of methoxy groups -OCH3 is 2. The molecule has 21 heavy (non-hydrogen) atoms. The van der Waals surface area contributed by atoms with Crippen LogP contribution in [0.25, 0.3) is 0 Å². The van der Waals surface area contributed by atoms with Crippen molar-refractivity contribution in [1.82, 2.24) is 10.0 Å². The van der Waals surface area contributed by atoms with Gasteiger partial charge in [0.1, 0.15) is 5.75 Å². The minimum atomic E-state index is -3.50. The molecule has 1 aromatic rings. The van der Waals surface area contributed by atoms with Crippen LogP contribution in [-0.4, -0.2) is 42.3 Å². The summed E-state index contributed by atoms with van der Waals surface area (Å²) in [5.41, 5.74) is 0.819. The van der Waals surface area contributed by atoms with Crippen molar-refractivity contribution in [3.63, 3.8) is 0 Å². The SMILES string of the molecule is CCNCc1cc(S(=O)(=O)NCCCOC)ccc1OC. The van der Waals surface area contributed by atoms with Crippen molar-refractivity contribution in [2.45, 2.75) is 24.8 Å². The van der Waals surface area contributed by atoms with E-state index >= 15 is 0 Å². The van der Waals surface area contributed by atoms with E-state index in [2.05, 4.69) is 10.0 Å². The Hall–Kier alpha value is -1.15. The zero-order valence-electron chi connectivity index (χ0n) is 12.8. The Morgan fingerprint density at radius 2 is 2.00 bits per heavy atom. The fourth-order valence-electron chi connectivity index (χ4n) is 1.83. The maximum absolute atomic E-state index is 12.2. The Balaban J connectivity index is 2.85. The predicted octanol–water partition coefficient (Wildman–Crippen LogP) is 1.12. The second-order valence-corrected chi connectivity index (χ2v) is 6.27. The lowest BCUT2D eigenvalue weighted by Crippen LogP contribution is -2.25. The monoisotopic (exact) mass is 316 g/mol. The molecule has 1 aromatic carbocycles. The molecule has 0 spiro atoms. The van der Waals surface area contributed by atoms with E-state index in [1.54, 1.807) is 32.4 Å². The van der Waals surface area contributed by atoms with Crippen molar-refractivity contribution in [3.05, 3.63) is 23.8 Å². The van der Waals surface area contributed by atoms with Crippen LogP contribution in [0.15, 0.2) is 23.1 Å². The Labute approximate surface area is 126 Å². The van der Waals surface area contributed by atoms with Gasteiger partial charge in [0, 0.05) is 32.4 Å². The first-order valence-electron chi connectivity index (χ1n) is 6.91. The summed E-state index contributed by atoms with van der Waals surface area (Å²) in [4.78, 5) is 0.244. The van der Waals surface area contributed by atoms with Crippen molar-refractivity contribution < 1.29 is 17.9 Å². The number of nitrogens with one attached hydrogen (secondary N) is 2. The minimum absolute atomic E-state index is 0.244. The van der Waals surface area contributed by atoms with Crippen LogP contribution >= 0.6 is 0 Å². The van der Waals surface area contributed by atoms with Crippen molar-refractivity contribution in [2.75, 3.05) is 33.9 Å². The standard InChI is InChI=1S/C14H24N2O4S/c1-4-15-11-12-10-13(6-7-14(12)20-3)21(17,18)16-8-5-9-19-2/h6-7,10,15-16H,4-5,8-9,11H2,1-3H3. The number of benzene rings is 1. The largest absolute Gasteiger partial charge is 0.496 e. The third kappa shape index (κ3) is 5.62. The molecular weight excluding hydrogens is 292 g/mol. The van der Waals surface area contributed by atoms with Gasteiger partial charge in [-0.05, 0) is 31.2 Å². The lowest BCUT2D eigenvalue weighted by molar-refractivity contribution is 0.196. The molecule has 0 bridgehead atoms. The van der Waals surface area contributed by atoms with Crippen LogP contribution in [0.5, 0.6) is 5.75 Å². The molecule has 0 unspecified atom stereocenters. The van der Waals surface area contributed by atoms with E-state index in [9.17, 15) is 8.42 Å². The maximum Gasteiger partial charge on any atom is 0.240 e. The van der Waals surface area contributed by atoms with Crippen LogP contribution in [0.1, 0.15) is 18.9 Å². The molecule has 0 heterocycles. The average Bonchev–Trinajstić information content (AvgIpc) is 2.49. The maximum atomic E-state index is 12.2. The van der Waals surface area contributed by atoms with Gasteiger partial charge in [-0.3, -0.25) is 0 Å². The molecule has 6 nitrogen and oxygen atoms in total. The summed E-state index contributed by atoms with van der Waals surface area (Å²) in [6.45, 7) is 4.23. The highest BCUT2D eigenvalue weighted by Crippen LogP contribution is 2.22. The topological polar surface area (TPSA) is 76.7 Å². The van der Waals surface area contributed by atoms with Gasteiger partial charge in [-0.15, -0.1) is 0 Å². The van der Waals surface area contributed by atoms with Crippen LogP contribution in [0.4, 0.5) is 0 Å². The third-order valence-electron chi connectivity index (χ3n) is 2.94. The van der Waals surface area contributed by atoms with E-state index in [0.29, 0.717) is 31.9 Å². The number of sulfonamides is 1. The molecule has 0 atom stereocenters. The van der Waals surface area contributed by atoms with Gasteiger partial charge < -0.3 is 14.8 Å². The Morgan fingerprint density at radius 3 is 2.62 bits per heavy atom. The van der Waals surface area contributed by atoms with Crippen molar-refractivity contribution in [2.24, 2.45) is 0 Å². The first-order valence-corrected chi connectivity index (χ1v) is 8.39. The predicted molar refractivity (Wildman–Crippen MR) is 82.1 cm³/mol. The van der Waals surface area contributed by atoms with Crippen molar-refractivity contribution in [1.29, 1.82) is 0 Å². The van der Waals surface area contributed by atoms with Gasteiger partial charge >= 0.3 is 0 Å². The zero-order chi connectivity index (χ0) is 15.7. The molecule has 0 aliphatic carbocycles. The summed E-state index contributed by atoms with van der Waals surface area (Å²) < 4.78 is 37.1. The molecule has 0 radical (unpaired) electrons. The molecule has 0 aliphatic rings. The molecule has 120 valence electrons. The molecule has 0 amide bonds. The van der Waals surface area contributed by atoms with Gasteiger partial charge in [0.15, 0.2) is 0 Å². The van der Waals surface area contributed by atoms with E-state index in [1.807, 2.05) is 6.92 Å². The van der Waals surface area contributed by atoms with E-state index in [1.165, 1.54) is 0 Å². The lowest BCUT2D eigenvalue weighted by Gasteiger charge is -2.12. The Kier molecular flexibility index (Phi) is 7.66. The highest BCUT2D eigenvalue weighted by Gasteiger charge is 2.15. The molecule has 0 fully saturated rings. The van der Waals surface area contributed by atoms with E-state index in [-0.39, 0.29) is 4.90 Å². The van der Waals surface area contributed by atoms with Gasteiger partial charge in [-0.25, -0.2) is 13.1 Å². The molecule has 0 saturated carbocycles. The lowest BCUT2D eigenvalue weighted by atomic mass is 10.2. The highest BCUT2D eigenvalue weighted by molar-refractivity contribution is 7.89. The third-order valence-corrected chi connectivity index (χ3v) is 4.40. The van der Waals surface area contributed by atoms with Crippen LogP contribution in [-0.2, 0) is 21.3 Å². The van der Waals surface area contributed by atoms with Crippen molar-refractivity contribution >= 4 is 10.0 Å². The smallest absolute Gasteiger partial charge is 0.240 e. The van der Waals surface area contributed by atoms with Crippen LogP contribution in [0.3, 0.4) is 0 Å². The normalized spacial score (nSPS) is 11.6. The van der Waals surface area contributed by atoms with E-state index < -0.39 is 10.0 Å². The molecule has 0 aromatic heterocycles. The summed E-state index contributed by atoms with van der Waals surface area (Å²) in [7, 11) is -0.342. The first kappa shape index (κ1) is 17.9. The molecular formula is C14H24N2O4S. The minimum Gasteiger partial charge on any atom is -0.496 e. The fourth-order valence-corrected chi connectivity index (χ4v) is 2.95.